The second kappa shape index (κ2) is 5.67. The summed E-state index contributed by atoms with van der Waals surface area (Å²) >= 11 is 0. The Morgan fingerprint density at radius 3 is 2.62 bits per heavy atom. The molecule has 1 aliphatic heterocycles. The van der Waals surface area contributed by atoms with E-state index >= 15 is 0 Å². The topological polar surface area (TPSA) is 32.3 Å². The molecule has 94 valence electrons. The number of nitrogens with one attached hydrogen (secondary N) is 1. The fourth-order valence-corrected chi connectivity index (χ4v) is 2.14. The predicted octanol–water partition coefficient (Wildman–Crippen LogP) is 1.88. The van der Waals surface area contributed by atoms with Crippen LogP contribution in [0, 0.1) is 11.3 Å². The molecule has 1 unspecified atom stereocenters. The van der Waals surface area contributed by atoms with Gasteiger partial charge in [0, 0.05) is 19.5 Å². The Hall–Kier alpha value is -0.570. The van der Waals surface area contributed by atoms with Gasteiger partial charge in [-0.3, -0.25) is 4.79 Å². The molecule has 3 nitrogen and oxygen atoms in total. The number of rotatable bonds is 5. The van der Waals surface area contributed by atoms with E-state index in [4.69, 9.17) is 0 Å². The van der Waals surface area contributed by atoms with Gasteiger partial charge in [0.15, 0.2) is 0 Å². The Morgan fingerprint density at radius 2 is 2.12 bits per heavy atom. The van der Waals surface area contributed by atoms with Gasteiger partial charge in [0.05, 0.1) is 0 Å². The number of likely N-dealkylation sites (tertiary alicyclic amines) is 1. The summed E-state index contributed by atoms with van der Waals surface area (Å²) in [6.45, 7) is 12.7. The Bertz CT molecular complexity index is 233. The third-order valence-corrected chi connectivity index (χ3v) is 3.47. The van der Waals surface area contributed by atoms with Crippen molar-refractivity contribution in [2.24, 2.45) is 11.3 Å². The Kier molecular flexibility index (Phi) is 4.78. The predicted molar refractivity (Wildman–Crippen MR) is 67.3 cm³/mol. The highest BCUT2D eigenvalue weighted by atomic mass is 16.2. The molecule has 16 heavy (non-hydrogen) atoms. The van der Waals surface area contributed by atoms with E-state index in [0.29, 0.717) is 11.8 Å². The molecule has 1 fully saturated rings. The van der Waals surface area contributed by atoms with Gasteiger partial charge in [-0.15, -0.1) is 0 Å². The van der Waals surface area contributed by atoms with Crippen molar-refractivity contribution in [3.8, 4) is 0 Å². The van der Waals surface area contributed by atoms with Gasteiger partial charge in [0.1, 0.15) is 0 Å². The van der Waals surface area contributed by atoms with Crippen molar-refractivity contribution in [2.75, 3.05) is 26.2 Å². The average molecular weight is 226 g/mol. The van der Waals surface area contributed by atoms with Crippen LogP contribution >= 0.6 is 0 Å². The molecule has 1 amide bonds. The molecule has 1 aliphatic rings. The van der Waals surface area contributed by atoms with Crippen molar-refractivity contribution in [3.05, 3.63) is 0 Å². The van der Waals surface area contributed by atoms with Crippen LogP contribution < -0.4 is 5.32 Å². The first-order valence-electron chi connectivity index (χ1n) is 6.43. The normalized spacial score (nSPS) is 21.9. The van der Waals surface area contributed by atoms with E-state index in [1.54, 1.807) is 0 Å². The third kappa shape index (κ3) is 3.78. The first-order valence-corrected chi connectivity index (χ1v) is 6.43. The minimum atomic E-state index is 0.256. The summed E-state index contributed by atoms with van der Waals surface area (Å²) in [6.07, 6.45) is 1.81. The first kappa shape index (κ1) is 13.5. The van der Waals surface area contributed by atoms with Crippen LogP contribution in [-0.2, 0) is 4.79 Å². The first-order chi connectivity index (χ1) is 7.45. The van der Waals surface area contributed by atoms with Crippen molar-refractivity contribution in [2.45, 2.75) is 40.5 Å². The third-order valence-electron chi connectivity index (χ3n) is 3.47. The van der Waals surface area contributed by atoms with Crippen LogP contribution in [0.5, 0.6) is 0 Å². The second-order valence-electron chi connectivity index (χ2n) is 5.81. The summed E-state index contributed by atoms with van der Waals surface area (Å²) in [5.74, 6) is 0.871. The monoisotopic (exact) mass is 226 g/mol. The van der Waals surface area contributed by atoms with Gasteiger partial charge in [0.2, 0.25) is 5.91 Å². The van der Waals surface area contributed by atoms with Crippen LogP contribution in [0.4, 0.5) is 0 Å². The van der Waals surface area contributed by atoms with Crippen LogP contribution in [0.3, 0.4) is 0 Å². The van der Waals surface area contributed by atoms with Gasteiger partial charge >= 0.3 is 0 Å². The second-order valence-corrected chi connectivity index (χ2v) is 5.81. The van der Waals surface area contributed by atoms with Crippen molar-refractivity contribution in [3.63, 3.8) is 0 Å². The van der Waals surface area contributed by atoms with Crippen molar-refractivity contribution >= 4 is 5.91 Å². The quantitative estimate of drug-likeness (QED) is 0.726. The number of carbonyl (C=O) groups excluding carboxylic acids is 1. The van der Waals surface area contributed by atoms with Crippen LogP contribution in [0.2, 0.25) is 0 Å². The largest absolute Gasteiger partial charge is 0.342 e. The van der Waals surface area contributed by atoms with E-state index in [2.05, 4.69) is 33.0 Å². The number of amides is 1. The molecule has 0 aromatic rings. The molecule has 3 heteroatoms. The number of hydrogen-bond donors (Lipinski definition) is 1. The molecule has 1 heterocycles. The highest BCUT2D eigenvalue weighted by molar-refractivity contribution is 5.78. The van der Waals surface area contributed by atoms with Crippen LogP contribution in [-0.4, -0.2) is 37.0 Å². The summed E-state index contributed by atoms with van der Waals surface area (Å²) in [5.41, 5.74) is 0.256. The van der Waals surface area contributed by atoms with Crippen LogP contribution in [0.1, 0.15) is 40.5 Å². The zero-order valence-corrected chi connectivity index (χ0v) is 11.2. The standard InChI is InChI=1S/C13H26N2O/c1-5-14-7-6-8-15-10-11(9-12(15)16)13(2,3)4/h11,14H,5-10H2,1-4H3. The van der Waals surface area contributed by atoms with Gasteiger partial charge in [-0.25, -0.2) is 0 Å². The van der Waals surface area contributed by atoms with Gasteiger partial charge in [-0.05, 0) is 30.8 Å². The van der Waals surface area contributed by atoms with E-state index < -0.39 is 0 Å². The molecule has 1 N–H and O–H groups in total. The lowest BCUT2D eigenvalue weighted by atomic mass is 9.80. The maximum atomic E-state index is 11.8. The number of hydrogen-bond acceptors (Lipinski definition) is 2. The summed E-state index contributed by atoms with van der Waals surface area (Å²) in [4.78, 5) is 13.8. The Morgan fingerprint density at radius 1 is 1.44 bits per heavy atom. The van der Waals surface area contributed by atoms with Gasteiger partial charge in [-0.2, -0.15) is 0 Å². The fourth-order valence-electron chi connectivity index (χ4n) is 2.14. The fraction of sp³-hybridized carbons (Fsp3) is 0.923. The van der Waals surface area contributed by atoms with Crippen molar-refractivity contribution in [1.29, 1.82) is 0 Å². The summed E-state index contributed by atoms with van der Waals surface area (Å²) < 4.78 is 0. The van der Waals surface area contributed by atoms with Crippen molar-refractivity contribution < 1.29 is 4.79 Å². The van der Waals surface area contributed by atoms with E-state index in [9.17, 15) is 4.79 Å². The Labute approximate surface area is 99.6 Å². The smallest absolute Gasteiger partial charge is 0.222 e. The van der Waals surface area contributed by atoms with Crippen LogP contribution in [0.15, 0.2) is 0 Å². The molecule has 0 aromatic heterocycles. The lowest BCUT2D eigenvalue weighted by molar-refractivity contribution is -0.127. The van der Waals surface area contributed by atoms with Crippen LogP contribution in [0.25, 0.3) is 0 Å². The molecule has 0 aromatic carbocycles. The molecule has 1 rings (SSSR count). The molecule has 0 bridgehead atoms. The lowest BCUT2D eigenvalue weighted by Crippen LogP contribution is -2.30. The number of carbonyl (C=O) groups is 1. The lowest BCUT2D eigenvalue weighted by Gasteiger charge is -2.26. The zero-order chi connectivity index (χ0) is 12.2. The maximum absolute atomic E-state index is 11.8. The molecule has 1 saturated heterocycles. The highest BCUT2D eigenvalue weighted by Gasteiger charge is 2.36. The molecule has 1 atom stereocenters. The average Bonchev–Trinajstić information content (AvgIpc) is 2.55. The highest BCUT2D eigenvalue weighted by Crippen LogP contribution is 2.34. The molecule has 0 radical (unpaired) electrons. The summed E-state index contributed by atoms with van der Waals surface area (Å²) in [5, 5.41) is 3.29. The van der Waals surface area contributed by atoms with E-state index in [-0.39, 0.29) is 5.41 Å². The van der Waals surface area contributed by atoms with E-state index in [0.717, 1.165) is 39.0 Å². The molecular formula is C13H26N2O. The molecular weight excluding hydrogens is 200 g/mol. The van der Waals surface area contributed by atoms with Crippen molar-refractivity contribution in [1.82, 2.24) is 10.2 Å². The number of nitrogens with zero attached hydrogens (tertiary/aromatic N) is 1. The minimum absolute atomic E-state index is 0.256. The van der Waals surface area contributed by atoms with Gasteiger partial charge in [0.25, 0.3) is 0 Å². The molecule has 0 aliphatic carbocycles. The summed E-state index contributed by atoms with van der Waals surface area (Å²) in [7, 11) is 0. The van der Waals surface area contributed by atoms with E-state index in [1.807, 2.05) is 4.90 Å². The van der Waals surface area contributed by atoms with Gasteiger partial charge in [-0.1, -0.05) is 27.7 Å². The summed E-state index contributed by atoms with van der Waals surface area (Å²) in [6, 6.07) is 0. The van der Waals surface area contributed by atoms with Gasteiger partial charge < -0.3 is 10.2 Å². The SMILES string of the molecule is CCNCCCN1CC(C(C)(C)C)CC1=O. The maximum Gasteiger partial charge on any atom is 0.222 e. The molecule has 0 spiro atoms. The molecule has 0 saturated carbocycles. The zero-order valence-electron chi connectivity index (χ0n) is 11.2. The van der Waals surface area contributed by atoms with E-state index in [1.165, 1.54) is 0 Å². The Balaban J connectivity index is 2.31. The minimum Gasteiger partial charge on any atom is -0.342 e.